The van der Waals surface area contributed by atoms with Gasteiger partial charge >= 0.3 is 0 Å². The van der Waals surface area contributed by atoms with E-state index in [4.69, 9.17) is 11.2 Å². The van der Waals surface area contributed by atoms with E-state index in [0.717, 1.165) is 25.0 Å². The van der Waals surface area contributed by atoms with Gasteiger partial charge < -0.3 is 4.74 Å². The third-order valence-corrected chi connectivity index (χ3v) is 3.56. The fraction of sp³-hybridized carbons (Fsp3) is 0.529. The highest BCUT2D eigenvalue weighted by molar-refractivity contribution is 5.38. The summed E-state index contributed by atoms with van der Waals surface area (Å²) >= 11 is 0. The highest BCUT2D eigenvalue weighted by atomic mass is 16.5. The van der Waals surface area contributed by atoms with Gasteiger partial charge in [0.2, 0.25) is 0 Å². The minimum atomic E-state index is -0.155. The van der Waals surface area contributed by atoms with Gasteiger partial charge in [-0.05, 0) is 26.3 Å². The van der Waals surface area contributed by atoms with Crippen LogP contribution >= 0.6 is 0 Å². The van der Waals surface area contributed by atoms with Crippen LogP contribution in [-0.4, -0.2) is 11.6 Å². The van der Waals surface area contributed by atoms with Gasteiger partial charge in [-0.1, -0.05) is 37.5 Å². The largest absolute Gasteiger partial charge is 0.487 e. The standard InChI is InChI=1S/C17H23NO/c1-5-9-13(6-2)18-15-12-17(3,4)19-16-11-8-7-10-14(15)16/h2,7-8,10-11,13,15,18H,5,9,12H2,1,3-4H3. The van der Waals surface area contributed by atoms with Crippen molar-refractivity contribution in [3.05, 3.63) is 29.8 Å². The van der Waals surface area contributed by atoms with Crippen molar-refractivity contribution in [2.45, 2.75) is 57.7 Å². The number of hydrogen-bond acceptors (Lipinski definition) is 2. The van der Waals surface area contributed by atoms with E-state index < -0.39 is 0 Å². The fourth-order valence-corrected chi connectivity index (χ4v) is 2.70. The first-order valence-corrected chi connectivity index (χ1v) is 7.06. The second kappa shape index (κ2) is 5.67. The van der Waals surface area contributed by atoms with Gasteiger partial charge in [-0.15, -0.1) is 6.42 Å². The minimum absolute atomic E-state index is 0.136. The number of ether oxygens (including phenoxy) is 1. The summed E-state index contributed by atoms with van der Waals surface area (Å²) in [5.74, 6) is 3.83. The molecule has 0 fully saturated rings. The van der Waals surface area contributed by atoms with Crippen molar-refractivity contribution in [1.29, 1.82) is 0 Å². The van der Waals surface area contributed by atoms with Crippen LogP contribution in [0.25, 0.3) is 0 Å². The Morgan fingerprint density at radius 3 is 2.89 bits per heavy atom. The van der Waals surface area contributed by atoms with Gasteiger partial charge in [0.05, 0.1) is 6.04 Å². The second-order valence-corrected chi connectivity index (χ2v) is 5.83. The van der Waals surface area contributed by atoms with Gasteiger partial charge in [0, 0.05) is 18.0 Å². The van der Waals surface area contributed by atoms with E-state index in [1.807, 2.05) is 12.1 Å². The fourth-order valence-electron chi connectivity index (χ4n) is 2.70. The lowest BCUT2D eigenvalue weighted by Crippen LogP contribution is -2.42. The Hall–Kier alpha value is -1.46. The third-order valence-electron chi connectivity index (χ3n) is 3.56. The summed E-state index contributed by atoms with van der Waals surface area (Å²) in [4.78, 5) is 0. The summed E-state index contributed by atoms with van der Waals surface area (Å²) in [6.45, 7) is 6.42. The van der Waals surface area contributed by atoms with Crippen LogP contribution in [-0.2, 0) is 0 Å². The maximum Gasteiger partial charge on any atom is 0.124 e. The summed E-state index contributed by atoms with van der Waals surface area (Å²) in [7, 11) is 0. The normalized spacial score (nSPS) is 21.9. The molecular weight excluding hydrogens is 234 g/mol. The Bertz CT molecular complexity index is 472. The van der Waals surface area contributed by atoms with Crippen LogP contribution in [0.4, 0.5) is 0 Å². The predicted molar refractivity (Wildman–Crippen MR) is 79.2 cm³/mol. The quantitative estimate of drug-likeness (QED) is 0.831. The lowest BCUT2D eigenvalue weighted by atomic mass is 9.89. The Labute approximate surface area is 116 Å². The molecule has 1 aliphatic heterocycles. The van der Waals surface area contributed by atoms with Crippen LogP contribution < -0.4 is 10.1 Å². The molecule has 1 aromatic carbocycles. The molecule has 2 unspecified atom stereocenters. The highest BCUT2D eigenvalue weighted by Crippen LogP contribution is 2.39. The van der Waals surface area contributed by atoms with E-state index in [9.17, 15) is 0 Å². The van der Waals surface area contributed by atoms with Crippen molar-refractivity contribution in [2.75, 3.05) is 0 Å². The van der Waals surface area contributed by atoms with E-state index >= 15 is 0 Å². The Morgan fingerprint density at radius 1 is 1.47 bits per heavy atom. The monoisotopic (exact) mass is 257 g/mol. The van der Waals surface area contributed by atoms with Crippen molar-refractivity contribution >= 4 is 0 Å². The number of rotatable bonds is 4. The molecule has 0 amide bonds. The molecule has 2 heteroatoms. The van der Waals surface area contributed by atoms with Crippen molar-refractivity contribution < 1.29 is 4.74 Å². The number of benzene rings is 1. The Kier molecular flexibility index (Phi) is 4.17. The third kappa shape index (κ3) is 3.30. The lowest BCUT2D eigenvalue weighted by molar-refractivity contribution is 0.0647. The molecule has 2 nitrogen and oxygen atoms in total. The van der Waals surface area contributed by atoms with E-state index in [2.05, 4.69) is 44.1 Å². The number of nitrogens with one attached hydrogen (secondary N) is 1. The van der Waals surface area contributed by atoms with Gasteiger partial charge in [0.15, 0.2) is 0 Å². The molecule has 1 N–H and O–H groups in total. The van der Waals surface area contributed by atoms with Gasteiger partial charge in [-0.2, -0.15) is 0 Å². The van der Waals surface area contributed by atoms with Gasteiger partial charge in [-0.3, -0.25) is 5.32 Å². The van der Waals surface area contributed by atoms with Crippen molar-refractivity contribution in [3.63, 3.8) is 0 Å². The van der Waals surface area contributed by atoms with Crippen LogP contribution in [0.15, 0.2) is 24.3 Å². The molecule has 2 rings (SSSR count). The molecule has 0 aromatic heterocycles. The average molecular weight is 257 g/mol. The van der Waals surface area contributed by atoms with Gasteiger partial charge in [0.25, 0.3) is 0 Å². The summed E-state index contributed by atoms with van der Waals surface area (Å²) in [6.07, 6.45) is 8.66. The molecule has 0 bridgehead atoms. The number of fused-ring (bicyclic) bond motifs is 1. The van der Waals surface area contributed by atoms with Crippen LogP contribution in [0, 0.1) is 12.3 Å². The summed E-state index contributed by atoms with van der Waals surface area (Å²) in [6, 6.07) is 8.64. The molecule has 0 saturated heterocycles. The Morgan fingerprint density at radius 2 is 2.21 bits per heavy atom. The topological polar surface area (TPSA) is 21.3 Å². The molecule has 2 atom stereocenters. The summed E-state index contributed by atoms with van der Waals surface area (Å²) in [5.41, 5.74) is 1.07. The maximum atomic E-state index is 6.03. The van der Waals surface area contributed by atoms with Crippen LogP contribution in [0.2, 0.25) is 0 Å². The molecule has 0 aliphatic carbocycles. The van der Waals surface area contributed by atoms with Gasteiger partial charge in [0.1, 0.15) is 11.4 Å². The first kappa shape index (κ1) is 14.0. The lowest BCUT2D eigenvalue weighted by Gasteiger charge is -2.38. The van der Waals surface area contributed by atoms with Crippen molar-refractivity contribution in [3.8, 4) is 18.1 Å². The second-order valence-electron chi connectivity index (χ2n) is 5.83. The zero-order valence-electron chi connectivity index (χ0n) is 12.1. The molecule has 0 spiro atoms. The molecule has 102 valence electrons. The van der Waals surface area contributed by atoms with E-state index in [1.165, 1.54) is 5.56 Å². The van der Waals surface area contributed by atoms with E-state index in [0.29, 0.717) is 0 Å². The molecule has 0 radical (unpaired) electrons. The van der Waals surface area contributed by atoms with Crippen molar-refractivity contribution in [2.24, 2.45) is 0 Å². The minimum Gasteiger partial charge on any atom is -0.487 e. The van der Waals surface area contributed by atoms with Gasteiger partial charge in [-0.25, -0.2) is 0 Å². The van der Waals surface area contributed by atoms with Crippen LogP contribution in [0.1, 0.15) is 51.6 Å². The molecule has 0 saturated carbocycles. The Balaban J connectivity index is 2.23. The molecule has 1 heterocycles. The van der Waals surface area contributed by atoms with Crippen molar-refractivity contribution in [1.82, 2.24) is 5.32 Å². The smallest absolute Gasteiger partial charge is 0.124 e. The SMILES string of the molecule is C#CC(CCC)NC1CC(C)(C)Oc2ccccc21. The zero-order chi connectivity index (χ0) is 13.9. The first-order valence-electron chi connectivity index (χ1n) is 7.06. The van der Waals surface area contributed by atoms with Crippen LogP contribution in [0.5, 0.6) is 5.75 Å². The highest BCUT2D eigenvalue weighted by Gasteiger charge is 2.34. The molecular formula is C17H23NO. The average Bonchev–Trinajstić information content (AvgIpc) is 2.36. The first-order chi connectivity index (χ1) is 9.05. The molecule has 1 aromatic rings. The van der Waals surface area contributed by atoms with E-state index in [1.54, 1.807) is 0 Å². The molecule has 19 heavy (non-hydrogen) atoms. The summed E-state index contributed by atoms with van der Waals surface area (Å²) in [5, 5.41) is 3.60. The maximum absolute atomic E-state index is 6.03. The number of hydrogen-bond donors (Lipinski definition) is 1. The van der Waals surface area contributed by atoms with E-state index in [-0.39, 0.29) is 17.7 Å². The molecule has 1 aliphatic rings. The number of para-hydroxylation sites is 1. The zero-order valence-corrected chi connectivity index (χ0v) is 12.1. The number of terminal acetylenes is 1. The summed E-state index contributed by atoms with van der Waals surface area (Å²) < 4.78 is 6.03. The van der Waals surface area contributed by atoms with Crippen LogP contribution in [0.3, 0.4) is 0 Å². The predicted octanol–water partition coefficient (Wildman–Crippen LogP) is 3.68.